The van der Waals surface area contributed by atoms with E-state index in [0.29, 0.717) is 37.2 Å². The Hall–Kier alpha value is -2.19. The number of sulfonamides is 1. The summed E-state index contributed by atoms with van der Waals surface area (Å²) in [6, 6.07) is 8.52. The van der Waals surface area contributed by atoms with Crippen LogP contribution in [0.5, 0.6) is 0 Å². The molecular weight excluding hydrogens is 352 g/mol. The summed E-state index contributed by atoms with van der Waals surface area (Å²) >= 11 is 0. The lowest BCUT2D eigenvalue weighted by molar-refractivity contribution is -0.122. The minimum Gasteiger partial charge on any atom is -0.353 e. The van der Waals surface area contributed by atoms with E-state index in [2.05, 4.69) is 15.5 Å². The maximum Gasteiger partial charge on any atom is 0.243 e. The number of H-pyrrole nitrogens is 1. The molecule has 0 aliphatic carbocycles. The number of hydrogen-bond donors (Lipinski definition) is 2. The molecule has 0 radical (unpaired) electrons. The van der Waals surface area contributed by atoms with Crippen LogP contribution in [0.2, 0.25) is 0 Å². The molecule has 0 unspecified atom stereocenters. The van der Waals surface area contributed by atoms with Gasteiger partial charge in [0, 0.05) is 31.7 Å². The van der Waals surface area contributed by atoms with E-state index in [9.17, 15) is 13.2 Å². The van der Waals surface area contributed by atoms with Crippen molar-refractivity contribution in [2.75, 3.05) is 13.1 Å². The highest BCUT2D eigenvalue weighted by atomic mass is 32.2. The van der Waals surface area contributed by atoms with Gasteiger partial charge in [-0.25, -0.2) is 8.42 Å². The van der Waals surface area contributed by atoms with Crippen LogP contribution in [0.4, 0.5) is 0 Å². The normalized spacial score (nSPS) is 16.5. The maximum atomic E-state index is 12.6. The van der Waals surface area contributed by atoms with Gasteiger partial charge in [0.2, 0.25) is 15.9 Å². The Labute approximate surface area is 153 Å². The second-order valence-corrected chi connectivity index (χ2v) is 8.46. The van der Waals surface area contributed by atoms with Crippen LogP contribution in [0.25, 0.3) is 0 Å². The fourth-order valence-electron chi connectivity index (χ4n) is 3.15. The van der Waals surface area contributed by atoms with Crippen molar-refractivity contribution in [3.8, 4) is 0 Å². The van der Waals surface area contributed by atoms with Gasteiger partial charge in [-0.2, -0.15) is 9.40 Å². The number of nitrogens with one attached hydrogen (secondary N) is 2. The molecule has 0 saturated carbocycles. The van der Waals surface area contributed by atoms with Gasteiger partial charge in [-0.15, -0.1) is 0 Å². The molecule has 1 aromatic heterocycles. The molecule has 1 amide bonds. The molecule has 1 aliphatic heterocycles. The van der Waals surface area contributed by atoms with Crippen LogP contribution in [0.3, 0.4) is 0 Å². The molecule has 1 saturated heterocycles. The molecule has 3 rings (SSSR count). The first-order valence-electron chi connectivity index (χ1n) is 8.88. The van der Waals surface area contributed by atoms with Crippen molar-refractivity contribution < 1.29 is 13.2 Å². The SMILES string of the molecule is O=C(CCCc1cn[nH]c1)NC1CCN(S(=O)(=O)c2ccccc2)CC1. The number of nitrogens with zero attached hydrogens (tertiary/aromatic N) is 2. The lowest BCUT2D eigenvalue weighted by atomic mass is 10.1. The number of piperidine rings is 1. The molecule has 7 nitrogen and oxygen atoms in total. The molecule has 1 aromatic carbocycles. The Bertz CT molecular complexity index is 798. The topological polar surface area (TPSA) is 95.2 Å². The highest BCUT2D eigenvalue weighted by Crippen LogP contribution is 2.20. The van der Waals surface area contributed by atoms with Gasteiger partial charge >= 0.3 is 0 Å². The van der Waals surface area contributed by atoms with Crippen LogP contribution in [-0.4, -0.2) is 48.0 Å². The molecule has 140 valence electrons. The Balaban J connectivity index is 1.43. The molecule has 8 heteroatoms. The quantitative estimate of drug-likeness (QED) is 0.769. The first-order valence-corrected chi connectivity index (χ1v) is 10.3. The molecule has 0 bridgehead atoms. The van der Waals surface area contributed by atoms with Gasteiger partial charge in [0.15, 0.2) is 0 Å². The zero-order valence-electron chi connectivity index (χ0n) is 14.6. The minimum absolute atomic E-state index is 0.0258. The molecular formula is C18H24N4O3S. The van der Waals surface area contributed by atoms with E-state index in [1.807, 2.05) is 6.20 Å². The third-order valence-electron chi connectivity index (χ3n) is 4.62. The number of aryl methyl sites for hydroxylation is 1. The zero-order chi connectivity index (χ0) is 18.4. The highest BCUT2D eigenvalue weighted by Gasteiger charge is 2.29. The van der Waals surface area contributed by atoms with Gasteiger partial charge in [-0.1, -0.05) is 18.2 Å². The summed E-state index contributed by atoms with van der Waals surface area (Å²) in [5.74, 6) is 0.0258. The third-order valence-corrected chi connectivity index (χ3v) is 6.54. The van der Waals surface area contributed by atoms with Gasteiger partial charge in [0.1, 0.15) is 0 Å². The number of carbonyl (C=O) groups is 1. The Morgan fingerprint density at radius 3 is 2.62 bits per heavy atom. The number of aromatic amines is 1. The van der Waals surface area contributed by atoms with Crippen LogP contribution in [0, 0.1) is 0 Å². The second-order valence-electron chi connectivity index (χ2n) is 6.52. The first-order chi connectivity index (χ1) is 12.6. The number of amides is 1. The lowest BCUT2D eigenvalue weighted by Crippen LogP contribution is -2.46. The Morgan fingerprint density at radius 1 is 1.23 bits per heavy atom. The number of rotatable bonds is 7. The van der Waals surface area contributed by atoms with Gasteiger partial charge in [-0.05, 0) is 43.4 Å². The van der Waals surface area contributed by atoms with Crippen LogP contribution < -0.4 is 5.32 Å². The van der Waals surface area contributed by atoms with E-state index < -0.39 is 10.0 Å². The summed E-state index contributed by atoms with van der Waals surface area (Å²) in [5, 5.41) is 9.67. The fourth-order valence-corrected chi connectivity index (χ4v) is 4.64. The number of aromatic nitrogens is 2. The van der Waals surface area contributed by atoms with Crippen molar-refractivity contribution in [1.29, 1.82) is 0 Å². The molecule has 1 fully saturated rings. The Morgan fingerprint density at radius 2 is 1.96 bits per heavy atom. The summed E-state index contributed by atoms with van der Waals surface area (Å²) in [5.41, 5.74) is 1.09. The van der Waals surface area contributed by atoms with E-state index in [1.54, 1.807) is 36.5 Å². The average Bonchev–Trinajstić information content (AvgIpc) is 3.16. The van der Waals surface area contributed by atoms with Crippen LogP contribution in [0.15, 0.2) is 47.6 Å². The van der Waals surface area contributed by atoms with Crippen molar-refractivity contribution >= 4 is 15.9 Å². The fraction of sp³-hybridized carbons (Fsp3) is 0.444. The van der Waals surface area contributed by atoms with E-state index in [-0.39, 0.29) is 11.9 Å². The molecule has 26 heavy (non-hydrogen) atoms. The van der Waals surface area contributed by atoms with E-state index in [0.717, 1.165) is 18.4 Å². The Kier molecular flexibility index (Phi) is 6.05. The molecule has 2 N–H and O–H groups in total. The summed E-state index contributed by atoms with van der Waals surface area (Å²) in [6.45, 7) is 0.856. The number of hydrogen-bond acceptors (Lipinski definition) is 4. The lowest BCUT2D eigenvalue weighted by Gasteiger charge is -2.31. The summed E-state index contributed by atoms with van der Waals surface area (Å²) in [7, 11) is -3.44. The highest BCUT2D eigenvalue weighted by molar-refractivity contribution is 7.89. The number of benzene rings is 1. The van der Waals surface area contributed by atoms with Crippen molar-refractivity contribution in [2.24, 2.45) is 0 Å². The second kappa shape index (κ2) is 8.46. The van der Waals surface area contributed by atoms with E-state index in [4.69, 9.17) is 0 Å². The largest absolute Gasteiger partial charge is 0.353 e. The van der Waals surface area contributed by atoms with Crippen molar-refractivity contribution in [3.05, 3.63) is 48.3 Å². The van der Waals surface area contributed by atoms with Crippen LogP contribution in [-0.2, 0) is 21.2 Å². The maximum absolute atomic E-state index is 12.6. The van der Waals surface area contributed by atoms with Gasteiger partial charge in [0.05, 0.1) is 11.1 Å². The molecule has 0 spiro atoms. The van der Waals surface area contributed by atoms with E-state index >= 15 is 0 Å². The van der Waals surface area contributed by atoms with Gasteiger partial charge < -0.3 is 5.32 Å². The smallest absolute Gasteiger partial charge is 0.243 e. The van der Waals surface area contributed by atoms with Crippen LogP contribution >= 0.6 is 0 Å². The minimum atomic E-state index is -3.44. The summed E-state index contributed by atoms with van der Waals surface area (Å²) in [6.07, 6.45) is 6.93. The predicted molar refractivity (Wildman–Crippen MR) is 97.9 cm³/mol. The molecule has 1 aliphatic rings. The van der Waals surface area contributed by atoms with Crippen LogP contribution in [0.1, 0.15) is 31.2 Å². The summed E-state index contributed by atoms with van der Waals surface area (Å²) < 4.78 is 26.7. The monoisotopic (exact) mass is 376 g/mol. The van der Waals surface area contributed by atoms with Gasteiger partial charge in [-0.3, -0.25) is 9.89 Å². The summed E-state index contributed by atoms with van der Waals surface area (Å²) in [4.78, 5) is 12.4. The predicted octanol–water partition coefficient (Wildman–Crippen LogP) is 1.70. The molecule has 0 atom stereocenters. The first kappa shape index (κ1) is 18.6. The standard InChI is InChI=1S/C18H24N4O3S/c23-18(8-4-5-15-13-19-20-14-15)21-16-9-11-22(12-10-16)26(24,25)17-6-2-1-3-7-17/h1-3,6-7,13-14,16H,4-5,8-12H2,(H,19,20)(H,21,23). The van der Waals surface area contributed by atoms with Crippen molar-refractivity contribution in [2.45, 2.75) is 43.0 Å². The molecule has 2 aromatic rings. The third kappa shape index (κ3) is 4.70. The van der Waals surface area contributed by atoms with Crippen molar-refractivity contribution in [3.63, 3.8) is 0 Å². The molecule has 2 heterocycles. The zero-order valence-corrected chi connectivity index (χ0v) is 15.4. The van der Waals surface area contributed by atoms with Crippen molar-refractivity contribution in [1.82, 2.24) is 19.8 Å². The number of carbonyl (C=O) groups excluding carboxylic acids is 1. The average molecular weight is 376 g/mol. The van der Waals surface area contributed by atoms with Gasteiger partial charge in [0.25, 0.3) is 0 Å². The van der Waals surface area contributed by atoms with E-state index in [1.165, 1.54) is 4.31 Å².